The fourth-order valence-electron chi connectivity index (χ4n) is 1.89. The molecule has 1 atom stereocenters. The van der Waals surface area contributed by atoms with Gasteiger partial charge >= 0.3 is 0 Å². The summed E-state index contributed by atoms with van der Waals surface area (Å²) in [4.78, 5) is 10.5. The van der Waals surface area contributed by atoms with Crippen LogP contribution in [0.2, 0.25) is 5.02 Å². The first-order chi connectivity index (χ1) is 8.08. The predicted molar refractivity (Wildman–Crippen MR) is 67.1 cm³/mol. The van der Waals surface area contributed by atoms with Crippen molar-refractivity contribution in [1.82, 2.24) is 5.32 Å². The van der Waals surface area contributed by atoms with Crippen LogP contribution >= 0.6 is 11.6 Å². The third-order valence-electron chi connectivity index (χ3n) is 3.19. The van der Waals surface area contributed by atoms with Gasteiger partial charge in [-0.05, 0) is 37.8 Å². The van der Waals surface area contributed by atoms with Crippen molar-refractivity contribution in [2.24, 2.45) is 5.92 Å². The number of nitro benzene ring substituents is 1. The van der Waals surface area contributed by atoms with E-state index in [2.05, 4.69) is 12.2 Å². The molecule has 0 heterocycles. The molecular weight excluding hydrogens is 240 g/mol. The van der Waals surface area contributed by atoms with Crippen LogP contribution in [0.5, 0.6) is 0 Å². The summed E-state index contributed by atoms with van der Waals surface area (Å²) in [6, 6.07) is 5.23. The average Bonchev–Trinajstić information content (AvgIpc) is 3.10. The fourth-order valence-corrected chi connectivity index (χ4v) is 2.06. The summed E-state index contributed by atoms with van der Waals surface area (Å²) < 4.78 is 0. The van der Waals surface area contributed by atoms with Crippen LogP contribution in [-0.4, -0.2) is 11.0 Å². The molecule has 1 fully saturated rings. The highest BCUT2D eigenvalue weighted by Crippen LogP contribution is 2.32. The highest BCUT2D eigenvalue weighted by Gasteiger charge is 2.27. The minimum Gasteiger partial charge on any atom is -0.310 e. The molecule has 1 N–H and O–H groups in total. The number of nitro groups is 1. The Balaban J connectivity index is 2.06. The van der Waals surface area contributed by atoms with Crippen molar-refractivity contribution in [3.63, 3.8) is 0 Å². The van der Waals surface area contributed by atoms with Crippen LogP contribution in [0, 0.1) is 16.0 Å². The van der Waals surface area contributed by atoms with Crippen LogP contribution in [0.3, 0.4) is 0 Å². The molecule has 17 heavy (non-hydrogen) atoms. The summed E-state index contributed by atoms with van der Waals surface area (Å²) in [5, 5.41) is 14.6. The van der Waals surface area contributed by atoms with Crippen molar-refractivity contribution in [2.75, 3.05) is 0 Å². The normalized spacial score (nSPS) is 16.8. The molecule has 0 amide bonds. The topological polar surface area (TPSA) is 55.2 Å². The molecule has 1 aromatic rings. The van der Waals surface area contributed by atoms with Gasteiger partial charge in [-0.2, -0.15) is 0 Å². The Morgan fingerprint density at radius 1 is 1.59 bits per heavy atom. The fraction of sp³-hybridized carbons (Fsp3) is 0.500. The van der Waals surface area contributed by atoms with Gasteiger partial charge in [0.05, 0.1) is 4.92 Å². The lowest BCUT2D eigenvalue weighted by Gasteiger charge is -2.12. The molecule has 0 aromatic heterocycles. The monoisotopic (exact) mass is 254 g/mol. The van der Waals surface area contributed by atoms with E-state index in [1.54, 1.807) is 12.1 Å². The number of rotatable bonds is 5. The summed E-state index contributed by atoms with van der Waals surface area (Å²) in [5.74, 6) is 0.737. The van der Waals surface area contributed by atoms with Crippen LogP contribution in [0.1, 0.15) is 25.3 Å². The van der Waals surface area contributed by atoms with Crippen molar-refractivity contribution < 1.29 is 4.92 Å². The number of benzene rings is 1. The van der Waals surface area contributed by atoms with Crippen molar-refractivity contribution in [2.45, 2.75) is 32.4 Å². The molecule has 1 aliphatic rings. The average molecular weight is 255 g/mol. The van der Waals surface area contributed by atoms with Gasteiger partial charge in [0.1, 0.15) is 0 Å². The summed E-state index contributed by atoms with van der Waals surface area (Å²) in [6.07, 6.45) is 2.52. The van der Waals surface area contributed by atoms with E-state index in [4.69, 9.17) is 11.6 Å². The van der Waals surface area contributed by atoms with Gasteiger partial charge in [-0.3, -0.25) is 10.1 Å². The molecule has 1 unspecified atom stereocenters. The minimum atomic E-state index is -0.384. The lowest BCUT2D eigenvalue weighted by Crippen LogP contribution is -2.27. The van der Waals surface area contributed by atoms with Crippen LogP contribution in [-0.2, 0) is 6.54 Å². The number of hydrogen-bond donors (Lipinski definition) is 1. The van der Waals surface area contributed by atoms with E-state index in [1.807, 2.05) is 0 Å². The van der Waals surface area contributed by atoms with E-state index in [0.29, 0.717) is 23.2 Å². The number of hydrogen-bond acceptors (Lipinski definition) is 3. The van der Waals surface area contributed by atoms with Gasteiger partial charge in [0.25, 0.3) is 5.69 Å². The maximum absolute atomic E-state index is 10.9. The largest absolute Gasteiger partial charge is 0.310 e. The molecule has 0 radical (unpaired) electrons. The van der Waals surface area contributed by atoms with Gasteiger partial charge in [-0.25, -0.2) is 0 Å². The van der Waals surface area contributed by atoms with Crippen LogP contribution in [0.25, 0.3) is 0 Å². The number of nitrogens with one attached hydrogen (secondary N) is 1. The molecular formula is C12H15ClN2O2. The van der Waals surface area contributed by atoms with Crippen molar-refractivity contribution in [3.8, 4) is 0 Å². The first kappa shape index (κ1) is 12.3. The molecule has 0 bridgehead atoms. The molecule has 0 spiro atoms. The Hall–Kier alpha value is -1.13. The molecule has 1 aromatic carbocycles. The van der Waals surface area contributed by atoms with Gasteiger partial charge in [-0.15, -0.1) is 0 Å². The van der Waals surface area contributed by atoms with Crippen molar-refractivity contribution >= 4 is 17.3 Å². The Morgan fingerprint density at radius 2 is 2.29 bits per heavy atom. The Labute approximate surface area is 105 Å². The van der Waals surface area contributed by atoms with Gasteiger partial charge < -0.3 is 5.32 Å². The second-order valence-corrected chi connectivity index (χ2v) is 4.97. The highest BCUT2D eigenvalue weighted by atomic mass is 35.5. The number of nitrogens with zero attached hydrogens (tertiary/aromatic N) is 1. The van der Waals surface area contributed by atoms with E-state index in [9.17, 15) is 10.1 Å². The first-order valence-corrected chi connectivity index (χ1v) is 6.12. The van der Waals surface area contributed by atoms with Crippen molar-refractivity contribution in [1.29, 1.82) is 0 Å². The van der Waals surface area contributed by atoms with E-state index in [1.165, 1.54) is 18.9 Å². The first-order valence-electron chi connectivity index (χ1n) is 5.74. The third kappa shape index (κ3) is 3.17. The third-order valence-corrected chi connectivity index (χ3v) is 3.42. The van der Waals surface area contributed by atoms with Gasteiger partial charge in [0.2, 0.25) is 0 Å². The van der Waals surface area contributed by atoms with E-state index in [0.717, 1.165) is 5.92 Å². The maximum atomic E-state index is 10.9. The van der Waals surface area contributed by atoms with Crippen molar-refractivity contribution in [3.05, 3.63) is 38.9 Å². The minimum absolute atomic E-state index is 0.0907. The quantitative estimate of drug-likeness (QED) is 0.649. The van der Waals surface area contributed by atoms with Gasteiger partial charge in [-0.1, -0.05) is 11.6 Å². The van der Waals surface area contributed by atoms with Crippen LogP contribution in [0.4, 0.5) is 5.69 Å². The SMILES string of the molecule is CC(NCc1ccc(Cl)cc1[N+](=O)[O-])C1CC1. The van der Waals surface area contributed by atoms with Crippen LogP contribution in [0.15, 0.2) is 18.2 Å². The molecule has 92 valence electrons. The zero-order chi connectivity index (χ0) is 12.4. The zero-order valence-corrected chi connectivity index (χ0v) is 10.4. The lowest BCUT2D eigenvalue weighted by molar-refractivity contribution is -0.385. The summed E-state index contributed by atoms with van der Waals surface area (Å²) in [6.45, 7) is 2.64. The second-order valence-electron chi connectivity index (χ2n) is 4.54. The molecule has 2 rings (SSSR count). The van der Waals surface area contributed by atoms with E-state index in [-0.39, 0.29) is 10.6 Å². The number of halogens is 1. The smallest absolute Gasteiger partial charge is 0.275 e. The Morgan fingerprint density at radius 3 is 2.88 bits per heavy atom. The zero-order valence-electron chi connectivity index (χ0n) is 9.65. The predicted octanol–water partition coefficient (Wildman–Crippen LogP) is 3.14. The van der Waals surface area contributed by atoms with Crippen LogP contribution < -0.4 is 5.32 Å². The molecule has 1 aliphatic carbocycles. The summed E-state index contributed by atoms with van der Waals surface area (Å²) >= 11 is 5.76. The summed E-state index contributed by atoms with van der Waals surface area (Å²) in [5.41, 5.74) is 0.778. The van der Waals surface area contributed by atoms with E-state index < -0.39 is 0 Å². The maximum Gasteiger partial charge on any atom is 0.275 e. The second kappa shape index (κ2) is 5.02. The standard InChI is InChI=1S/C12H15ClN2O2/c1-8(9-2-3-9)14-7-10-4-5-11(13)6-12(10)15(16)17/h4-6,8-9,14H,2-3,7H2,1H3. The molecule has 0 saturated heterocycles. The molecule has 0 aliphatic heterocycles. The molecule has 4 nitrogen and oxygen atoms in total. The molecule has 1 saturated carbocycles. The lowest BCUT2D eigenvalue weighted by atomic mass is 10.1. The van der Waals surface area contributed by atoms with Gasteiger partial charge in [0.15, 0.2) is 0 Å². The Bertz CT molecular complexity index is 433. The van der Waals surface area contributed by atoms with Gasteiger partial charge in [0, 0.05) is 29.2 Å². The molecule has 5 heteroatoms. The highest BCUT2D eigenvalue weighted by molar-refractivity contribution is 6.30. The Kier molecular flexibility index (Phi) is 3.64. The van der Waals surface area contributed by atoms with E-state index >= 15 is 0 Å². The summed E-state index contributed by atoms with van der Waals surface area (Å²) in [7, 11) is 0.